The van der Waals surface area contributed by atoms with E-state index in [0.717, 1.165) is 11.3 Å². The van der Waals surface area contributed by atoms with Crippen molar-refractivity contribution in [3.63, 3.8) is 0 Å². The average molecular weight is 398 g/mol. The quantitative estimate of drug-likeness (QED) is 0.657. The monoisotopic (exact) mass is 397 g/mol. The van der Waals surface area contributed by atoms with E-state index < -0.39 is 0 Å². The summed E-state index contributed by atoms with van der Waals surface area (Å²) >= 11 is 6.15. The standard InChI is InChI=1S/C20H20ClN5O2/c1-12-8-16(18(28-3)10-15(12)21)25-20-24-13(2)9-17(26-20)19(27)23-11-14-6-4-5-7-22-14/h4-10H,11H2,1-3H3,(H,23,27)(H,24,25,26). The molecule has 0 aliphatic carbocycles. The van der Waals surface area contributed by atoms with Crippen molar-refractivity contribution in [2.45, 2.75) is 20.4 Å². The molecule has 0 fully saturated rings. The molecule has 0 aliphatic heterocycles. The molecule has 0 atom stereocenters. The third-order valence-electron chi connectivity index (χ3n) is 3.97. The summed E-state index contributed by atoms with van der Waals surface area (Å²) in [6.45, 7) is 4.00. The maximum Gasteiger partial charge on any atom is 0.270 e. The van der Waals surface area contributed by atoms with Crippen LogP contribution in [0.15, 0.2) is 42.6 Å². The van der Waals surface area contributed by atoms with Gasteiger partial charge in [-0.15, -0.1) is 0 Å². The van der Waals surface area contributed by atoms with Crippen molar-refractivity contribution in [3.05, 3.63) is 70.3 Å². The molecule has 0 bridgehead atoms. The molecule has 3 rings (SSSR count). The number of hydrogen-bond acceptors (Lipinski definition) is 6. The molecule has 7 nitrogen and oxygen atoms in total. The number of aromatic nitrogens is 3. The van der Waals surface area contributed by atoms with E-state index in [1.807, 2.05) is 31.2 Å². The van der Waals surface area contributed by atoms with Gasteiger partial charge < -0.3 is 15.4 Å². The largest absolute Gasteiger partial charge is 0.495 e. The first-order valence-electron chi connectivity index (χ1n) is 8.61. The second kappa shape index (κ2) is 8.67. The minimum absolute atomic E-state index is 0.260. The van der Waals surface area contributed by atoms with Gasteiger partial charge in [-0.3, -0.25) is 9.78 Å². The van der Waals surface area contributed by atoms with Gasteiger partial charge in [0.2, 0.25) is 5.95 Å². The number of methoxy groups -OCH3 is 1. The molecule has 0 spiro atoms. The van der Waals surface area contributed by atoms with E-state index in [1.165, 1.54) is 0 Å². The van der Waals surface area contributed by atoms with Crippen LogP contribution in [0.3, 0.4) is 0 Å². The Morgan fingerprint density at radius 1 is 1.18 bits per heavy atom. The molecule has 2 heterocycles. The molecule has 0 saturated carbocycles. The van der Waals surface area contributed by atoms with Gasteiger partial charge in [-0.1, -0.05) is 17.7 Å². The number of anilines is 2. The van der Waals surface area contributed by atoms with Crippen LogP contribution in [-0.4, -0.2) is 28.0 Å². The lowest BCUT2D eigenvalue weighted by molar-refractivity contribution is 0.0945. The van der Waals surface area contributed by atoms with Gasteiger partial charge in [-0.25, -0.2) is 9.97 Å². The first-order valence-corrected chi connectivity index (χ1v) is 8.99. The first-order chi connectivity index (χ1) is 13.5. The lowest BCUT2D eigenvalue weighted by Crippen LogP contribution is -2.24. The topological polar surface area (TPSA) is 89.0 Å². The molecule has 3 aromatic rings. The fourth-order valence-corrected chi connectivity index (χ4v) is 2.71. The number of aryl methyl sites for hydroxylation is 2. The summed E-state index contributed by atoms with van der Waals surface area (Å²) in [5, 5.41) is 6.51. The first kappa shape index (κ1) is 19.6. The van der Waals surface area contributed by atoms with Crippen LogP contribution >= 0.6 is 11.6 Å². The smallest absolute Gasteiger partial charge is 0.270 e. The summed E-state index contributed by atoms with van der Waals surface area (Å²) < 4.78 is 5.36. The maximum absolute atomic E-state index is 12.5. The zero-order chi connectivity index (χ0) is 20.1. The van der Waals surface area contributed by atoms with Gasteiger partial charge in [0.1, 0.15) is 11.4 Å². The Kier molecular flexibility index (Phi) is 6.06. The molecule has 1 aromatic carbocycles. The predicted octanol–water partition coefficient (Wildman–Crippen LogP) is 3.82. The Hall–Kier alpha value is -3.19. The number of nitrogens with zero attached hydrogens (tertiary/aromatic N) is 3. The van der Waals surface area contributed by atoms with Crippen molar-refractivity contribution in [1.82, 2.24) is 20.3 Å². The Labute approximate surface area is 168 Å². The van der Waals surface area contributed by atoms with Crippen LogP contribution in [0.2, 0.25) is 5.02 Å². The number of carbonyl (C=O) groups is 1. The number of pyridine rings is 1. The van der Waals surface area contributed by atoms with Crippen molar-refractivity contribution in [3.8, 4) is 5.75 Å². The fourth-order valence-electron chi connectivity index (χ4n) is 2.56. The number of amides is 1. The van der Waals surface area contributed by atoms with E-state index in [2.05, 4.69) is 25.6 Å². The number of hydrogen-bond donors (Lipinski definition) is 2. The third-order valence-corrected chi connectivity index (χ3v) is 4.38. The summed E-state index contributed by atoms with van der Waals surface area (Å²) in [5.41, 5.74) is 3.22. The van der Waals surface area contributed by atoms with E-state index in [-0.39, 0.29) is 11.6 Å². The van der Waals surface area contributed by atoms with Crippen LogP contribution < -0.4 is 15.4 Å². The normalized spacial score (nSPS) is 10.4. The maximum atomic E-state index is 12.5. The minimum Gasteiger partial charge on any atom is -0.495 e. The molecule has 2 aromatic heterocycles. The lowest BCUT2D eigenvalue weighted by Gasteiger charge is -2.13. The van der Waals surface area contributed by atoms with Crippen LogP contribution in [0, 0.1) is 13.8 Å². The molecule has 0 saturated heterocycles. The number of ether oxygens (including phenoxy) is 1. The van der Waals surface area contributed by atoms with Crippen molar-refractivity contribution < 1.29 is 9.53 Å². The Balaban J connectivity index is 1.80. The molecule has 2 N–H and O–H groups in total. The van der Waals surface area contributed by atoms with Crippen molar-refractivity contribution >= 4 is 29.1 Å². The molecular weight excluding hydrogens is 378 g/mol. The third kappa shape index (κ3) is 4.75. The summed E-state index contributed by atoms with van der Waals surface area (Å²) in [6, 6.07) is 10.7. The number of rotatable bonds is 6. The van der Waals surface area contributed by atoms with E-state index >= 15 is 0 Å². The summed E-state index contributed by atoms with van der Waals surface area (Å²) in [7, 11) is 1.56. The number of halogens is 1. The molecule has 1 amide bonds. The van der Waals surface area contributed by atoms with Crippen molar-refractivity contribution in [1.29, 1.82) is 0 Å². The van der Waals surface area contributed by atoms with Gasteiger partial charge in [0.25, 0.3) is 5.91 Å². The molecule has 0 radical (unpaired) electrons. The Morgan fingerprint density at radius 2 is 2.00 bits per heavy atom. The molecular formula is C20H20ClN5O2. The Morgan fingerprint density at radius 3 is 2.71 bits per heavy atom. The van der Waals surface area contributed by atoms with Crippen LogP contribution in [0.5, 0.6) is 5.75 Å². The van der Waals surface area contributed by atoms with Gasteiger partial charge in [0, 0.05) is 23.0 Å². The second-order valence-corrected chi connectivity index (χ2v) is 6.56. The molecule has 8 heteroatoms. The van der Waals surface area contributed by atoms with Gasteiger partial charge in [0.05, 0.1) is 25.0 Å². The van der Waals surface area contributed by atoms with Crippen LogP contribution in [-0.2, 0) is 6.54 Å². The molecule has 0 aliphatic rings. The summed E-state index contributed by atoms with van der Waals surface area (Å²) in [5.74, 6) is 0.545. The molecule has 28 heavy (non-hydrogen) atoms. The minimum atomic E-state index is -0.307. The summed E-state index contributed by atoms with van der Waals surface area (Å²) in [4.78, 5) is 25.4. The average Bonchev–Trinajstić information content (AvgIpc) is 2.69. The van der Waals surface area contributed by atoms with Gasteiger partial charge in [0.15, 0.2) is 0 Å². The Bertz CT molecular complexity index is 995. The second-order valence-electron chi connectivity index (χ2n) is 6.15. The highest BCUT2D eigenvalue weighted by Gasteiger charge is 2.13. The lowest BCUT2D eigenvalue weighted by atomic mass is 10.2. The van der Waals surface area contributed by atoms with Crippen molar-refractivity contribution in [2.75, 3.05) is 12.4 Å². The number of carbonyl (C=O) groups excluding carboxylic acids is 1. The van der Waals surface area contributed by atoms with Gasteiger partial charge >= 0.3 is 0 Å². The fraction of sp³-hybridized carbons (Fsp3) is 0.200. The van der Waals surface area contributed by atoms with Crippen molar-refractivity contribution in [2.24, 2.45) is 0 Å². The zero-order valence-electron chi connectivity index (χ0n) is 15.8. The highest BCUT2D eigenvalue weighted by Crippen LogP contribution is 2.32. The van der Waals surface area contributed by atoms with Crippen LogP contribution in [0.1, 0.15) is 27.4 Å². The van der Waals surface area contributed by atoms with Crippen LogP contribution in [0.4, 0.5) is 11.6 Å². The van der Waals surface area contributed by atoms with Crippen LogP contribution in [0.25, 0.3) is 0 Å². The number of benzene rings is 1. The zero-order valence-corrected chi connectivity index (χ0v) is 16.5. The SMILES string of the molecule is COc1cc(Cl)c(C)cc1Nc1nc(C)cc(C(=O)NCc2ccccn2)n1. The molecule has 0 unspecified atom stereocenters. The van der Waals surface area contributed by atoms with E-state index in [9.17, 15) is 4.79 Å². The summed E-state index contributed by atoms with van der Waals surface area (Å²) in [6.07, 6.45) is 1.68. The van der Waals surface area contributed by atoms with E-state index in [0.29, 0.717) is 34.6 Å². The van der Waals surface area contributed by atoms with Gasteiger partial charge in [-0.05, 0) is 43.7 Å². The van der Waals surface area contributed by atoms with Gasteiger partial charge in [-0.2, -0.15) is 0 Å². The highest BCUT2D eigenvalue weighted by atomic mass is 35.5. The number of nitrogens with one attached hydrogen (secondary N) is 2. The van der Waals surface area contributed by atoms with E-state index in [4.69, 9.17) is 16.3 Å². The predicted molar refractivity (Wildman–Crippen MR) is 108 cm³/mol. The highest BCUT2D eigenvalue weighted by molar-refractivity contribution is 6.31. The molecule has 144 valence electrons. The van der Waals surface area contributed by atoms with E-state index in [1.54, 1.807) is 32.4 Å².